The minimum Gasteiger partial charge on any atom is -0.497 e. The average Bonchev–Trinajstić information content (AvgIpc) is 2.70. The lowest BCUT2D eigenvalue weighted by Gasteiger charge is -2.07. The molecule has 0 radical (unpaired) electrons. The van der Waals surface area contributed by atoms with Gasteiger partial charge in [-0.25, -0.2) is 0 Å². The van der Waals surface area contributed by atoms with Crippen molar-refractivity contribution in [3.8, 4) is 5.75 Å². The third-order valence-electron chi connectivity index (χ3n) is 3.49. The number of esters is 1. The topological polar surface area (TPSA) is 125 Å². The fourth-order valence-electron chi connectivity index (χ4n) is 2.07. The fourth-order valence-corrected chi connectivity index (χ4v) is 2.07. The van der Waals surface area contributed by atoms with Crippen molar-refractivity contribution in [1.82, 2.24) is 5.32 Å². The zero-order valence-electron chi connectivity index (χ0n) is 14.3. The monoisotopic (exact) mass is 372 g/mol. The molecule has 0 saturated heterocycles. The van der Waals surface area contributed by atoms with E-state index in [0.29, 0.717) is 11.3 Å². The molecule has 9 nitrogen and oxygen atoms in total. The fraction of sp³-hybridized carbons (Fsp3) is 0.167. The molecule has 2 aromatic rings. The number of rotatable bonds is 8. The van der Waals surface area contributed by atoms with Gasteiger partial charge in [-0.2, -0.15) is 0 Å². The highest BCUT2D eigenvalue weighted by Crippen LogP contribution is 2.13. The summed E-state index contributed by atoms with van der Waals surface area (Å²) in [6.45, 7) is -0.949. The summed E-state index contributed by atoms with van der Waals surface area (Å²) in [5.74, 6) is -1.30. The zero-order valence-corrected chi connectivity index (χ0v) is 14.3. The standard InChI is InChI=1S/C18H16N2O7/c1-26-15-7-5-12(6-8-15)16(21)11-27-17(22)10-19-18(23)13-3-2-4-14(9-13)20(24)25/h2-9H,10-11H2,1H3,(H,19,23). The van der Waals surface area contributed by atoms with E-state index in [2.05, 4.69) is 5.32 Å². The second-order valence-electron chi connectivity index (χ2n) is 5.30. The Morgan fingerprint density at radius 3 is 2.41 bits per heavy atom. The highest BCUT2D eigenvalue weighted by atomic mass is 16.6. The van der Waals surface area contributed by atoms with Crippen LogP contribution in [0, 0.1) is 10.1 Å². The van der Waals surface area contributed by atoms with Crippen LogP contribution in [-0.4, -0.2) is 42.8 Å². The van der Waals surface area contributed by atoms with Gasteiger partial charge in [-0.1, -0.05) is 6.07 Å². The Bertz CT molecular complexity index is 862. The number of hydrogen-bond acceptors (Lipinski definition) is 7. The van der Waals surface area contributed by atoms with E-state index in [1.807, 2.05) is 0 Å². The zero-order chi connectivity index (χ0) is 19.8. The molecule has 2 aromatic carbocycles. The van der Waals surface area contributed by atoms with Crippen molar-refractivity contribution in [2.75, 3.05) is 20.3 Å². The SMILES string of the molecule is COc1ccc(C(=O)COC(=O)CNC(=O)c2cccc([N+](=O)[O-])c2)cc1. The Morgan fingerprint density at radius 2 is 1.78 bits per heavy atom. The predicted octanol–water partition coefficient (Wildman–Crippen LogP) is 1.76. The number of amides is 1. The van der Waals surface area contributed by atoms with Crippen LogP contribution in [-0.2, 0) is 9.53 Å². The molecule has 0 aliphatic rings. The molecule has 9 heteroatoms. The van der Waals surface area contributed by atoms with E-state index in [4.69, 9.17) is 9.47 Å². The molecule has 0 atom stereocenters. The Hall–Kier alpha value is -3.75. The van der Waals surface area contributed by atoms with Crippen molar-refractivity contribution in [2.45, 2.75) is 0 Å². The molecule has 140 valence electrons. The molecular weight excluding hydrogens is 356 g/mol. The maximum Gasteiger partial charge on any atom is 0.325 e. The lowest BCUT2D eigenvalue weighted by Crippen LogP contribution is -2.31. The average molecular weight is 372 g/mol. The second kappa shape index (κ2) is 9.09. The van der Waals surface area contributed by atoms with Crippen LogP contribution in [0.1, 0.15) is 20.7 Å². The third kappa shape index (κ3) is 5.63. The molecule has 1 N–H and O–H groups in total. The molecule has 0 fully saturated rings. The lowest BCUT2D eigenvalue weighted by molar-refractivity contribution is -0.384. The first-order valence-electron chi connectivity index (χ1n) is 7.76. The summed E-state index contributed by atoms with van der Waals surface area (Å²) in [7, 11) is 1.50. The van der Waals surface area contributed by atoms with Gasteiger partial charge in [0.2, 0.25) is 0 Å². The number of methoxy groups -OCH3 is 1. The summed E-state index contributed by atoms with van der Waals surface area (Å²) in [6, 6.07) is 11.4. The molecule has 0 saturated carbocycles. The molecule has 0 heterocycles. The first-order valence-corrected chi connectivity index (χ1v) is 7.76. The van der Waals surface area contributed by atoms with Crippen molar-refractivity contribution in [1.29, 1.82) is 0 Å². The normalized spacial score (nSPS) is 9.96. The summed E-state index contributed by atoms with van der Waals surface area (Å²) in [5, 5.41) is 13.0. The number of ether oxygens (including phenoxy) is 2. The molecular formula is C18H16N2O7. The number of nitro groups is 1. The Balaban J connectivity index is 1.81. The van der Waals surface area contributed by atoms with Crippen molar-refractivity contribution >= 4 is 23.3 Å². The quantitative estimate of drug-likeness (QED) is 0.324. The largest absolute Gasteiger partial charge is 0.497 e. The minimum atomic E-state index is -0.810. The van der Waals surface area contributed by atoms with Gasteiger partial charge in [-0.3, -0.25) is 24.5 Å². The van der Waals surface area contributed by atoms with E-state index >= 15 is 0 Å². The van der Waals surface area contributed by atoms with Gasteiger partial charge >= 0.3 is 5.97 Å². The molecule has 2 rings (SSSR count). The van der Waals surface area contributed by atoms with Crippen LogP contribution in [0.25, 0.3) is 0 Å². The Labute approximate surface area is 154 Å². The number of nitro benzene ring substituents is 1. The number of nitrogens with one attached hydrogen (secondary N) is 1. The van der Waals surface area contributed by atoms with E-state index in [1.54, 1.807) is 24.3 Å². The van der Waals surface area contributed by atoms with Gasteiger partial charge in [0.25, 0.3) is 11.6 Å². The first-order chi connectivity index (χ1) is 12.9. The number of benzene rings is 2. The molecule has 27 heavy (non-hydrogen) atoms. The van der Waals surface area contributed by atoms with Gasteiger partial charge in [0.15, 0.2) is 12.4 Å². The number of ketones is 1. The molecule has 0 bridgehead atoms. The number of Topliss-reactive ketones (excluding diaryl/α,β-unsaturated/α-hetero) is 1. The summed E-state index contributed by atoms with van der Waals surface area (Å²) >= 11 is 0. The number of non-ortho nitro benzene ring substituents is 1. The van der Waals surface area contributed by atoms with E-state index in [9.17, 15) is 24.5 Å². The third-order valence-corrected chi connectivity index (χ3v) is 3.49. The van der Waals surface area contributed by atoms with Crippen LogP contribution >= 0.6 is 0 Å². The molecule has 0 aromatic heterocycles. The van der Waals surface area contributed by atoms with Crippen LogP contribution in [0.5, 0.6) is 5.75 Å². The second-order valence-corrected chi connectivity index (χ2v) is 5.30. The van der Waals surface area contributed by atoms with E-state index < -0.39 is 35.7 Å². The van der Waals surface area contributed by atoms with Crippen LogP contribution in [0.2, 0.25) is 0 Å². The first kappa shape index (κ1) is 19.6. The van der Waals surface area contributed by atoms with E-state index in [1.165, 1.54) is 25.3 Å². The highest BCUT2D eigenvalue weighted by Gasteiger charge is 2.14. The van der Waals surface area contributed by atoms with Crippen molar-refractivity contribution in [2.24, 2.45) is 0 Å². The predicted molar refractivity (Wildman–Crippen MR) is 93.7 cm³/mol. The lowest BCUT2D eigenvalue weighted by atomic mass is 10.1. The summed E-state index contributed by atoms with van der Waals surface area (Å²) < 4.78 is 9.80. The molecule has 0 spiro atoms. The van der Waals surface area contributed by atoms with Crippen molar-refractivity contribution in [3.05, 3.63) is 69.8 Å². The molecule has 0 unspecified atom stereocenters. The summed E-state index contributed by atoms with van der Waals surface area (Å²) in [5.41, 5.74) is 0.144. The summed E-state index contributed by atoms with van der Waals surface area (Å²) in [4.78, 5) is 45.6. The van der Waals surface area contributed by atoms with Gasteiger partial charge in [0, 0.05) is 23.3 Å². The van der Waals surface area contributed by atoms with E-state index in [-0.39, 0.29) is 11.3 Å². The van der Waals surface area contributed by atoms with Crippen LogP contribution < -0.4 is 10.1 Å². The molecule has 1 amide bonds. The van der Waals surface area contributed by atoms with Gasteiger partial charge in [-0.05, 0) is 30.3 Å². The Kier molecular flexibility index (Phi) is 6.59. The number of nitrogens with zero attached hydrogens (tertiary/aromatic N) is 1. The number of carbonyl (C=O) groups is 3. The van der Waals surface area contributed by atoms with Gasteiger partial charge < -0.3 is 14.8 Å². The maximum atomic E-state index is 11.9. The maximum absolute atomic E-state index is 11.9. The van der Waals surface area contributed by atoms with E-state index in [0.717, 1.165) is 6.07 Å². The minimum absolute atomic E-state index is 0.0336. The molecule has 0 aliphatic heterocycles. The number of hydrogen-bond donors (Lipinski definition) is 1. The van der Waals surface area contributed by atoms with Gasteiger partial charge in [0.1, 0.15) is 12.3 Å². The van der Waals surface area contributed by atoms with Crippen LogP contribution in [0.15, 0.2) is 48.5 Å². The molecule has 0 aliphatic carbocycles. The summed E-state index contributed by atoms with van der Waals surface area (Å²) in [6.07, 6.45) is 0. The van der Waals surface area contributed by atoms with Gasteiger partial charge in [0.05, 0.1) is 12.0 Å². The van der Waals surface area contributed by atoms with Gasteiger partial charge in [-0.15, -0.1) is 0 Å². The van der Waals surface area contributed by atoms with Crippen LogP contribution in [0.4, 0.5) is 5.69 Å². The number of carbonyl (C=O) groups excluding carboxylic acids is 3. The Morgan fingerprint density at radius 1 is 1.07 bits per heavy atom. The van der Waals surface area contributed by atoms with Crippen LogP contribution in [0.3, 0.4) is 0 Å². The highest BCUT2D eigenvalue weighted by molar-refractivity contribution is 5.99. The van der Waals surface area contributed by atoms with Crippen molar-refractivity contribution < 1.29 is 28.8 Å². The smallest absolute Gasteiger partial charge is 0.325 e. The van der Waals surface area contributed by atoms with Crippen molar-refractivity contribution in [3.63, 3.8) is 0 Å².